The standard InChI is InChI=1S/C32H34F4N4O4/c1-43-29-13-23(30(41)42)25(33)14-27(29)37-11-3-4-22-12-24-26(5-2-6-28(24)40(22)17-32(34,35)36)38-20-7-9-21(10-8-20)39-15-31(16-39)18-44-19-31/h2,5-6,12-14,20-21,37-38H,7-11,15-19H2,1H3,(H,41,42). The number of carboxylic acids is 1. The Morgan fingerprint density at radius 3 is 2.52 bits per heavy atom. The molecule has 1 saturated carbocycles. The van der Waals surface area contributed by atoms with Crippen LogP contribution in [0.4, 0.5) is 28.9 Å². The predicted molar refractivity (Wildman–Crippen MR) is 158 cm³/mol. The van der Waals surface area contributed by atoms with Crippen molar-refractivity contribution in [3.63, 3.8) is 0 Å². The molecule has 0 atom stereocenters. The summed E-state index contributed by atoms with van der Waals surface area (Å²) in [5, 5.41) is 16.2. The van der Waals surface area contributed by atoms with Crippen LogP contribution in [0.25, 0.3) is 10.9 Å². The number of rotatable bonds is 8. The van der Waals surface area contributed by atoms with E-state index in [0.29, 0.717) is 22.4 Å². The van der Waals surface area contributed by atoms with Gasteiger partial charge in [-0.1, -0.05) is 12.0 Å². The highest BCUT2D eigenvalue weighted by atomic mass is 19.4. The molecule has 44 heavy (non-hydrogen) atoms. The molecule has 3 fully saturated rings. The van der Waals surface area contributed by atoms with Crippen LogP contribution in [0.2, 0.25) is 0 Å². The number of nitrogens with zero attached hydrogens (tertiary/aromatic N) is 2. The normalized spacial score (nSPS) is 21.2. The summed E-state index contributed by atoms with van der Waals surface area (Å²) in [4.78, 5) is 13.8. The van der Waals surface area contributed by atoms with E-state index in [4.69, 9.17) is 14.6 Å². The van der Waals surface area contributed by atoms with Crippen molar-refractivity contribution in [3.05, 3.63) is 53.5 Å². The number of aromatic nitrogens is 1. The van der Waals surface area contributed by atoms with E-state index in [-0.39, 0.29) is 29.7 Å². The van der Waals surface area contributed by atoms with E-state index < -0.39 is 30.1 Å². The van der Waals surface area contributed by atoms with Crippen LogP contribution in [0.5, 0.6) is 5.75 Å². The number of ether oxygens (including phenoxy) is 2. The van der Waals surface area contributed by atoms with Crippen molar-refractivity contribution in [1.82, 2.24) is 9.47 Å². The number of nitrogens with one attached hydrogen (secondary N) is 2. The van der Waals surface area contributed by atoms with E-state index in [1.807, 2.05) is 6.07 Å². The molecule has 2 aromatic carbocycles. The molecule has 2 aliphatic heterocycles. The molecule has 6 rings (SSSR count). The van der Waals surface area contributed by atoms with Crippen molar-refractivity contribution in [2.75, 3.05) is 50.6 Å². The van der Waals surface area contributed by atoms with Crippen LogP contribution in [0.15, 0.2) is 36.4 Å². The summed E-state index contributed by atoms with van der Waals surface area (Å²) < 4.78 is 66.8. The number of carbonyl (C=O) groups is 1. The lowest BCUT2D eigenvalue weighted by Gasteiger charge is -2.58. The van der Waals surface area contributed by atoms with Crippen LogP contribution in [0.1, 0.15) is 41.7 Å². The SMILES string of the molecule is COc1cc(C(=O)O)c(F)cc1NCC#Cc1cc2c(NC3CCC(N4CC5(COC5)C4)CC3)cccc2n1CC(F)(F)F. The highest BCUT2D eigenvalue weighted by Crippen LogP contribution is 2.41. The molecule has 3 aromatic rings. The second-order valence-electron chi connectivity index (χ2n) is 12.0. The first-order valence-electron chi connectivity index (χ1n) is 14.7. The van der Waals surface area contributed by atoms with Gasteiger partial charge in [-0.3, -0.25) is 4.90 Å². The van der Waals surface area contributed by atoms with Gasteiger partial charge >= 0.3 is 12.1 Å². The Hall–Kier alpha value is -3.95. The molecule has 0 unspecified atom stereocenters. The Morgan fingerprint density at radius 2 is 1.89 bits per heavy atom. The summed E-state index contributed by atoms with van der Waals surface area (Å²) in [6, 6.07) is 9.82. The van der Waals surface area contributed by atoms with Crippen molar-refractivity contribution in [2.24, 2.45) is 5.41 Å². The van der Waals surface area contributed by atoms with Crippen LogP contribution in [0, 0.1) is 23.1 Å². The third-order valence-corrected chi connectivity index (χ3v) is 8.85. The lowest BCUT2D eigenvalue weighted by atomic mass is 9.75. The first kappa shape index (κ1) is 30.1. The number of anilines is 2. The molecule has 0 radical (unpaired) electrons. The number of aromatic carboxylic acids is 1. The van der Waals surface area contributed by atoms with Crippen molar-refractivity contribution in [1.29, 1.82) is 0 Å². The van der Waals surface area contributed by atoms with Crippen molar-refractivity contribution in [3.8, 4) is 17.6 Å². The largest absolute Gasteiger partial charge is 0.495 e. The molecule has 12 heteroatoms. The van der Waals surface area contributed by atoms with E-state index in [2.05, 4.69) is 27.4 Å². The summed E-state index contributed by atoms with van der Waals surface area (Å²) in [6.45, 7) is 2.73. The van der Waals surface area contributed by atoms with Gasteiger partial charge in [0, 0.05) is 47.7 Å². The van der Waals surface area contributed by atoms with E-state index in [0.717, 1.165) is 74.4 Å². The Labute approximate surface area is 252 Å². The molecule has 3 aliphatic rings. The van der Waals surface area contributed by atoms with Crippen molar-refractivity contribution in [2.45, 2.75) is 50.5 Å². The van der Waals surface area contributed by atoms with Crippen LogP contribution in [-0.4, -0.2) is 78.8 Å². The zero-order valence-electron chi connectivity index (χ0n) is 24.3. The maximum atomic E-state index is 14.2. The lowest BCUT2D eigenvalue weighted by Crippen LogP contribution is -2.68. The molecule has 1 spiro atoms. The molecular weight excluding hydrogens is 580 g/mol. The summed E-state index contributed by atoms with van der Waals surface area (Å²) in [7, 11) is 1.31. The van der Waals surface area contributed by atoms with Gasteiger partial charge in [-0.05, 0) is 55.9 Å². The van der Waals surface area contributed by atoms with Gasteiger partial charge in [0.05, 0.1) is 49.3 Å². The summed E-state index contributed by atoms with van der Waals surface area (Å²) >= 11 is 0. The van der Waals surface area contributed by atoms with Gasteiger partial charge in [-0.25, -0.2) is 9.18 Å². The minimum Gasteiger partial charge on any atom is -0.495 e. The van der Waals surface area contributed by atoms with Crippen LogP contribution >= 0.6 is 0 Å². The number of likely N-dealkylation sites (tertiary alicyclic amines) is 1. The summed E-state index contributed by atoms with van der Waals surface area (Å²) in [6.07, 6.45) is -0.325. The molecule has 1 aromatic heterocycles. The molecule has 8 nitrogen and oxygen atoms in total. The Morgan fingerprint density at radius 1 is 1.14 bits per heavy atom. The summed E-state index contributed by atoms with van der Waals surface area (Å²) in [5.74, 6) is 3.36. The second kappa shape index (κ2) is 11.9. The smallest absolute Gasteiger partial charge is 0.406 e. The number of halogens is 4. The molecule has 0 amide bonds. The van der Waals surface area contributed by atoms with Crippen molar-refractivity contribution < 1.29 is 36.9 Å². The van der Waals surface area contributed by atoms with Crippen molar-refractivity contribution >= 4 is 28.2 Å². The monoisotopic (exact) mass is 614 g/mol. The van der Waals surface area contributed by atoms with E-state index >= 15 is 0 Å². The van der Waals surface area contributed by atoms with Crippen LogP contribution in [0.3, 0.4) is 0 Å². The zero-order chi connectivity index (χ0) is 31.1. The number of benzene rings is 2. The van der Waals surface area contributed by atoms with E-state index in [1.54, 1.807) is 18.2 Å². The highest BCUT2D eigenvalue weighted by Gasteiger charge is 2.50. The number of methoxy groups -OCH3 is 1. The topological polar surface area (TPSA) is 88.0 Å². The minimum absolute atomic E-state index is 0.0464. The minimum atomic E-state index is -4.46. The average molecular weight is 615 g/mol. The third-order valence-electron chi connectivity index (χ3n) is 8.85. The zero-order valence-corrected chi connectivity index (χ0v) is 24.3. The van der Waals surface area contributed by atoms with Gasteiger partial charge in [0.15, 0.2) is 0 Å². The molecule has 234 valence electrons. The first-order chi connectivity index (χ1) is 21.0. The summed E-state index contributed by atoms with van der Waals surface area (Å²) in [5.41, 5.74) is 1.43. The second-order valence-corrected chi connectivity index (χ2v) is 12.0. The fourth-order valence-corrected chi connectivity index (χ4v) is 6.61. The number of hydrogen-bond donors (Lipinski definition) is 3. The van der Waals surface area contributed by atoms with Gasteiger partial charge in [0.25, 0.3) is 0 Å². The average Bonchev–Trinajstić information content (AvgIpc) is 3.27. The van der Waals surface area contributed by atoms with Gasteiger partial charge in [-0.2, -0.15) is 13.2 Å². The lowest BCUT2D eigenvalue weighted by molar-refractivity contribution is -0.200. The Kier molecular flexibility index (Phi) is 8.11. The Bertz CT molecular complexity index is 1610. The first-order valence-corrected chi connectivity index (χ1v) is 14.7. The third kappa shape index (κ3) is 6.16. The van der Waals surface area contributed by atoms with Gasteiger partial charge in [0.2, 0.25) is 0 Å². The van der Waals surface area contributed by atoms with Crippen LogP contribution in [-0.2, 0) is 11.3 Å². The quantitative estimate of drug-likeness (QED) is 0.226. The maximum absolute atomic E-state index is 14.2. The number of carboxylic acid groups (broad SMARTS) is 1. The van der Waals surface area contributed by atoms with E-state index in [1.165, 1.54) is 7.11 Å². The maximum Gasteiger partial charge on any atom is 0.406 e. The fraction of sp³-hybridized carbons (Fsp3) is 0.469. The number of alkyl halides is 3. The van der Waals surface area contributed by atoms with Crippen LogP contribution < -0.4 is 15.4 Å². The highest BCUT2D eigenvalue weighted by molar-refractivity contribution is 5.94. The molecular formula is C32H34F4N4O4. The molecule has 3 N–H and O–H groups in total. The van der Waals surface area contributed by atoms with Gasteiger partial charge < -0.3 is 29.8 Å². The van der Waals surface area contributed by atoms with Gasteiger partial charge in [-0.15, -0.1) is 0 Å². The molecule has 3 heterocycles. The predicted octanol–water partition coefficient (Wildman–Crippen LogP) is 5.57. The Balaban J connectivity index is 1.16. The van der Waals surface area contributed by atoms with Gasteiger partial charge in [0.1, 0.15) is 18.1 Å². The fourth-order valence-electron chi connectivity index (χ4n) is 6.61. The molecule has 2 saturated heterocycles. The number of hydrogen-bond acceptors (Lipinski definition) is 6. The molecule has 1 aliphatic carbocycles. The van der Waals surface area contributed by atoms with E-state index in [9.17, 15) is 22.4 Å². The molecule has 0 bridgehead atoms. The number of fused-ring (bicyclic) bond motifs is 1.